The molecule has 1 aromatic rings. The van der Waals surface area contributed by atoms with Crippen LogP contribution < -0.4 is 4.74 Å². The first-order valence-electron chi connectivity index (χ1n) is 8.80. The van der Waals surface area contributed by atoms with Crippen molar-refractivity contribution in [2.45, 2.75) is 71.6 Å². The van der Waals surface area contributed by atoms with Gasteiger partial charge in [0, 0.05) is 11.5 Å². The zero-order valence-electron chi connectivity index (χ0n) is 15.0. The highest BCUT2D eigenvalue weighted by molar-refractivity contribution is 5.57. The number of methoxy groups -OCH3 is 1. The minimum atomic E-state index is 0.584. The molecule has 2 aliphatic carbocycles. The van der Waals surface area contributed by atoms with E-state index in [-0.39, 0.29) is 0 Å². The van der Waals surface area contributed by atoms with Crippen LogP contribution in [0.25, 0.3) is 0 Å². The zero-order valence-corrected chi connectivity index (χ0v) is 15.0. The van der Waals surface area contributed by atoms with Gasteiger partial charge in [-0.3, -0.25) is 0 Å². The van der Waals surface area contributed by atoms with Crippen molar-refractivity contribution in [2.24, 2.45) is 5.92 Å². The summed E-state index contributed by atoms with van der Waals surface area (Å²) in [5, 5.41) is 0. The van der Waals surface area contributed by atoms with Gasteiger partial charge in [0.1, 0.15) is 5.75 Å². The Morgan fingerprint density at radius 1 is 1.14 bits per heavy atom. The van der Waals surface area contributed by atoms with Crippen LogP contribution in [0.4, 0.5) is 0 Å². The smallest absolute Gasteiger partial charge is 0.122 e. The maximum absolute atomic E-state index is 5.77. The molecule has 0 heterocycles. The Morgan fingerprint density at radius 2 is 1.86 bits per heavy atom. The van der Waals surface area contributed by atoms with Crippen LogP contribution in [0.15, 0.2) is 17.7 Å². The van der Waals surface area contributed by atoms with Crippen LogP contribution in [0.1, 0.15) is 87.0 Å². The van der Waals surface area contributed by atoms with E-state index in [1.807, 2.05) is 7.11 Å². The van der Waals surface area contributed by atoms with Crippen LogP contribution in [0.3, 0.4) is 0 Å². The van der Waals surface area contributed by atoms with Crippen molar-refractivity contribution in [2.75, 3.05) is 7.11 Å². The highest BCUT2D eigenvalue weighted by Gasteiger charge is 2.39. The Hall–Kier alpha value is -1.24. The molecular weight excluding hydrogens is 268 g/mol. The second kappa shape index (κ2) is 5.76. The van der Waals surface area contributed by atoms with Gasteiger partial charge < -0.3 is 4.74 Å². The molecule has 0 saturated carbocycles. The Kier molecular flexibility index (Phi) is 4.09. The third-order valence-corrected chi connectivity index (χ3v) is 5.83. The second-order valence-electron chi connectivity index (χ2n) is 7.79. The zero-order chi connectivity index (χ0) is 16.0. The van der Waals surface area contributed by atoms with E-state index in [4.69, 9.17) is 4.74 Å². The molecule has 2 aliphatic rings. The third kappa shape index (κ3) is 2.39. The molecule has 0 saturated heterocycles. The molecule has 0 bridgehead atoms. The van der Waals surface area contributed by atoms with Gasteiger partial charge in [0.25, 0.3) is 0 Å². The van der Waals surface area contributed by atoms with E-state index in [1.165, 1.54) is 36.0 Å². The van der Waals surface area contributed by atoms with E-state index in [0.717, 1.165) is 17.6 Å². The van der Waals surface area contributed by atoms with E-state index in [1.54, 1.807) is 11.1 Å². The topological polar surface area (TPSA) is 9.23 Å². The predicted octanol–water partition coefficient (Wildman–Crippen LogP) is 6.07. The van der Waals surface area contributed by atoms with Gasteiger partial charge in [-0.15, -0.1) is 0 Å². The van der Waals surface area contributed by atoms with Gasteiger partial charge in [-0.05, 0) is 80.5 Å². The van der Waals surface area contributed by atoms with Gasteiger partial charge >= 0.3 is 0 Å². The van der Waals surface area contributed by atoms with Crippen molar-refractivity contribution >= 4 is 0 Å². The van der Waals surface area contributed by atoms with Gasteiger partial charge in [-0.1, -0.05) is 25.5 Å². The number of benzene rings is 1. The van der Waals surface area contributed by atoms with Gasteiger partial charge in [-0.2, -0.15) is 0 Å². The average Bonchev–Trinajstić information content (AvgIpc) is 2.44. The lowest BCUT2D eigenvalue weighted by molar-refractivity contribution is 0.322. The first-order chi connectivity index (χ1) is 10.4. The molecule has 0 aromatic heterocycles. The molecule has 0 fully saturated rings. The van der Waals surface area contributed by atoms with Crippen LogP contribution in [0.2, 0.25) is 0 Å². The fraction of sp³-hybridized carbons (Fsp3) is 0.619. The highest BCUT2D eigenvalue weighted by atomic mass is 16.5. The first kappa shape index (κ1) is 15.6. The minimum Gasteiger partial charge on any atom is -0.496 e. The number of hydrogen-bond donors (Lipinski definition) is 0. The summed E-state index contributed by atoms with van der Waals surface area (Å²) >= 11 is 0. The van der Waals surface area contributed by atoms with E-state index < -0.39 is 0 Å². The summed E-state index contributed by atoms with van der Waals surface area (Å²) in [4.78, 5) is 0. The molecule has 22 heavy (non-hydrogen) atoms. The predicted molar refractivity (Wildman–Crippen MR) is 94.1 cm³/mol. The molecule has 3 rings (SSSR count). The molecule has 4 atom stereocenters. The lowest BCUT2D eigenvalue weighted by Gasteiger charge is -2.43. The standard InChI is InChI=1S/C21H30O/c1-12(2)9-16-10-14(4)17-8-7-13(3)20-18(22-6)11-15(5)19(16)21(17)20/h9,11,13-14,16-17H,7-8,10H2,1-6H3/t13-,14-,16+,17+/m1/s1. The van der Waals surface area contributed by atoms with Crippen molar-refractivity contribution in [1.82, 2.24) is 0 Å². The van der Waals surface area contributed by atoms with E-state index in [0.29, 0.717) is 11.8 Å². The highest BCUT2D eigenvalue weighted by Crippen LogP contribution is 2.55. The van der Waals surface area contributed by atoms with Crippen LogP contribution in [0, 0.1) is 12.8 Å². The average molecular weight is 298 g/mol. The van der Waals surface area contributed by atoms with Crippen LogP contribution >= 0.6 is 0 Å². The molecule has 0 N–H and O–H groups in total. The van der Waals surface area contributed by atoms with Crippen LogP contribution in [0.5, 0.6) is 5.75 Å². The van der Waals surface area contributed by atoms with Crippen molar-refractivity contribution in [3.8, 4) is 5.75 Å². The summed E-state index contributed by atoms with van der Waals surface area (Å²) in [5.74, 6) is 3.83. The Labute approximate surface area is 135 Å². The van der Waals surface area contributed by atoms with E-state index in [2.05, 4.69) is 46.8 Å². The molecule has 1 nitrogen and oxygen atoms in total. The quantitative estimate of drug-likeness (QED) is 0.602. The number of ether oxygens (including phenoxy) is 1. The molecule has 1 aromatic carbocycles. The summed E-state index contributed by atoms with van der Waals surface area (Å²) in [5.41, 5.74) is 7.63. The fourth-order valence-electron chi connectivity index (χ4n) is 4.93. The monoisotopic (exact) mass is 298 g/mol. The third-order valence-electron chi connectivity index (χ3n) is 5.83. The van der Waals surface area contributed by atoms with E-state index >= 15 is 0 Å². The summed E-state index contributed by atoms with van der Waals surface area (Å²) < 4.78 is 5.77. The molecule has 0 radical (unpaired) electrons. The van der Waals surface area contributed by atoms with Crippen molar-refractivity contribution in [3.05, 3.63) is 40.0 Å². The lowest BCUT2D eigenvalue weighted by atomic mass is 9.62. The first-order valence-corrected chi connectivity index (χ1v) is 8.80. The van der Waals surface area contributed by atoms with Crippen LogP contribution in [-0.4, -0.2) is 7.11 Å². The van der Waals surface area contributed by atoms with Crippen molar-refractivity contribution in [3.63, 3.8) is 0 Å². The van der Waals surface area contributed by atoms with Crippen molar-refractivity contribution < 1.29 is 4.74 Å². The number of rotatable bonds is 2. The molecule has 120 valence electrons. The Bertz CT molecular complexity index is 607. The summed E-state index contributed by atoms with van der Waals surface area (Å²) in [6, 6.07) is 2.29. The number of aryl methyl sites for hydroxylation is 1. The van der Waals surface area contributed by atoms with Gasteiger partial charge in [0.15, 0.2) is 0 Å². The normalized spacial score (nSPS) is 29.7. The Morgan fingerprint density at radius 3 is 2.50 bits per heavy atom. The van der Waals surface area contributed by atoms with Crippen LogP contribution in [-0.2, 0) is 0 Å². The largest absolute Gasteiger partial charge is 0.496 e. The van der Waals surface area contributed by atoms with Crippen molar-refractivity contribution in [1.29, 1.82) is 0 Å². The molecule has 0 amide bonds. The molecular formula is C21H30O. The minimum absolute atomic E-state index is 0.584. The lowest BCUT2D eigenvalue weighted by Crippen LogP contribution is -2.28. The molecule has 1 heteroatoms. The summed E-state index contributed by atoms with van der Waals surface area (Å²) in [6.07, 6.45) is 6.43. The summed E-state index contributed by atoms with van der Waals surface area (Å²) in [7, 11) is 1.83. The Balaban J connectivity index is 2.28. The maximum atomic E-state index is 5.77. The SMILES string of the molecule is COc1cc(C)c2c3c1[C@H](C)CC[C@H]3[C@H](C)C[C@@H]2C=C(C)C. The maximum Gasteiger partial charge on any atom is 0.122 e. The number of hydrogen-bond acceptors (Lipinski definition) is 1. The van der Waals surface area contributed by atoms with Gasteiger partial charge in [-0.25, -0.2) is 0 Å². The molecule has 0 aliphatic heterocycles. The number of allylic oxidation sites excluding steroid dienone is 2. The van der Waals surface area contributed by atoms with Gasteiger partial charge in [0.05, 0.1) is 7.11 Å². The molecule has 0 spiro atoms. The summed E-state index contributed by atoms with van der Waals surface area (Å²) in [6.45, 7) is 11.6. The second-order valence-corrected chi connectivity index (χ2v) is 7.79. The van der Waals surface area contributed by atoms with E-state index in [9.17, 15) is 0 Å². The molecule has 0 unspecified atom stereocenters. The fourth-order valence-corrected chi connectivity index (χ4v) is 4.93. The van der Waals surface area contributed by atoms with Gasteiger partial charge in [0.2, 0.25) is 0 Å².